The largest absolute Gasteiger partial charge is 0.397 e. The molecule has 0 amide bonds. The molecule has 15 heavy (non-hydrogen) atoms. The van der Waals surface area contributed by atoms with Gasteiger partial charge in [-0.25, -0.2) is 0 Å². The first-order valence-corrected chi connectivity index (χ1v) is 5.77. The lowest BCUT2D eigenvalue weighted by Gasteiger charge is -2.13. The van der Waals surface area contributed by atoms with Gasteiger partial charge in [0.1, 0.15) is 0 Å². The highest BCUT2D eigenvalue weighted by Crippen LogP contribution is 2.09. The molecule has 0 saturated carbocycles. The molecule has 0 aliphatic carbocycles. The Labute approximate surface area is 91.3 Å². The summed E-state index contributed by atoms with van der Waals surface area (Å²) in [6.07, 6.45) is 6.76. The first kappa shape index (κ1) is 10.4. The third-order valence-corrected chi connectivity index (χ3v) is 2.95. The van der Waals surface area contributed by atoms with Crippen LogP contribution in [0.1, 0.15) is 25.0 Å². The molecule has 0 unspecified atom stereocenters. The van der Waals surface area contributed by atoms with Crippen LogP contribution in [0.3, 0.4) is 0 Å². The first-order valence-electron chi connectivity index (χ1n) is 5.77. The van der Waals surface area contributed by atoms with Gasteiger partial charge in [0.2, 0.25) is 0 Å². The molecule has 0 radical (unpaired) electrons. The van der Waals surface area contributed by atoms with E-state index in [1.165, 1.54) is 38.9 Å². The van der Waals surface area contributed by atoms with E-state index < -0.39 is 0 Å². The van der Waals surface area contributed by atoms with E-state index in [0.29, 0.717) is 0 Å². The van der Waals surface area contributed by atoms with E-state index in [4.69, 9.17) is 5.73 Å². The van der Waals surface area contributed by atoms with Gasteiger partial charge >= 0.3 is 0 Å². The molecule has 0 atom stereocenters. The molecule has 1 aromatic heterocycles. The molecule has 2 rings (SSSR count). The second kappa shape index (κ2) is 5.12. The van der Waals surface area contributed by atoms with E-state index in [0.717, 1.165) is 17.8 Å². The van der Waals surface area contributed by atoms with Crippen LogP contribution in [0.15, 0.2) is 18.3 Å². The highest BCUT2D eigenvalue weighted by atomic mass is 15.1. The Balaban J connectivity index is 1.71. The number of hydrogen-bond donors (Lipinski definition) is 1. The molecular formula is C12H19N3. The normalized spacial score (nSPS) is 17.1. The van der Waals surface area contributed by atoms with Gasteiger partial charge < -0.3 is 10.6 Å². The number of aromatic nitrogens is 1. The Kier molecular flexibility index (Phi) is 3.56. The summed E-state index contributed by atoms with van der Waals surface area (Å²) in [6.45, 7) is 3.79. The van der Waals surface area contributed by atoms with Crippen LogP contribution in [-0.2, 0) is 6.42 Å². The zero-order valence-electron chi connectivity index (χ0n) is 9.15. The fourth-order valence-corrected chi connectivity index (χ4v) is 2.07. The molecule has 1 aliphatic heterocycles. The summed E-state index contributed by atoms with van der Waals surface area (Å²) in [6, 6.07) is 3.96. The zero-order valence-corrected chi connectivity index (χ0v) is 9.15. The van der Waals surface area contributed by atoms with Crippen molar-refractivity contribution in [2.75, 3.05) is 25.4 Å². The molecule has 3 heteroatoms. The number of rotatable bonds is 4. The van der Waals surface area contributed by atoms with Gasteiger partial charge in [-0.2, -0.15) is 0 Å². The van der Waals surface area contributed by atoms with Crippen LogP contribution in [0.4, 0.5) is 5.69 Å². The van der Waals surface area contributed by atoms with Gasteiger partial charge in [-0.15, -0.1) is 0 Å². The summed E-state index contributed by atoms with van der Waals surface area (Å²) in [4.78, 5) is 6.84. The van der Waals surface area contributed by atoms with Gasteiger partial charge in [0.15, 0.2) is 0 Å². The van der Waals surface area contributed by atoms with Gasteiger partial charge in [0, 0.05) is 5.69 Å². The minimum Gasteiger partial charge on any atom is -0.397 e. The second-order valence-corrected chi connectivity index (χ2v) is 4.24. The zero-order chi connectivity index (χ0) is 10.5. The number of hydrogen-bond acceptors (Lipinski definition) is 3. The highest BCUT2D eigenvalue weighted by molar-refractivity contribution is 5.34. The molecule has 0 aromatic carbocycles. The fourth-order valence-electron chi connectivity index (χ4n) is 2.07. The Morgan fingerprint density at radius 1 is 1.27 bits per heavy atom. The average Bonchev–Trinajstić information content (AvgIpc) is 2.74. The summed E-state index contributed by atoms with van der Waals surface area (Å²) < 4.78 is 0. The lowest BCUT2D eigenvalue weighted by atomic mass is 10.2. The number of aryl methyl sites for hydroxylation is 1. The van der Waals surface area contributed by atoms with Crippen molar-refractivity contribution in [3.8, 4) is 0 Å². The van der Waals surface area contributed by atoms with Crippen LogP contribution in [0, 0.1) is 0 Å². The molecule has 3 nitrogen and oxygen atoms in total. The maximum atomic E-state index is 5.58. The molecule has 82 valence electrons. The van der Waals surface area contributed by atoms with Gasteiger partial charge in [0.25, 0.3) is 0 Å². The van der Waals surface area contributed by atoms with E-state index >= 15 is 0 Å². The summed E-state index contributed by atoms with van der Waals surface area (Å²) in [7, 11) is 0. The maximum Gasteiger partial charge on any atom is 0.0501 e. The third kappa shape index (κ3) is 3.20. The Morgan fingerprint density at radius 2 is 2.07 bits per heavy atom. The van der Waals surface area contributed by atoms with E-state index in [9.17, 15) is 0 Å². The highest BCUT2D eigenvalue weighted by Gasteiger charge is 2.10. The number of nitrogen functional groups attached to an aromatic ring is 1. The van der Waals surface area contributed by atoms with Crippen LogP contribution in [0.25, 0.3) is 0 Å². The quantitative estimate of drug-likeness (QED) is 0.813. The first-order chi connectivity index (χ1) is 7.34. The number of anilines is 1. The molecule has 1 fully saturated rings. The molecular weight excluding hydrogens is 186 g/mol. The monoisotopic (exact) mass is 205 g/mol. The SMILES string of the molecule is Nc1ccc(CCCN2CCCC2)nc1. The van der Waals surface area contributed by atoms with Crippen LogP contribution in [-0.4, -0.2) is 29.5 Å². The predicted molar refractivity (Wildman–Crippen MR) is 62.6 cm³/mol. The summed E-state index contributed by atoms with van der Waals surface area (Å²) in [5, 5.41) is 0. The Hall–Kier alpha value is -1.09. The van der Waals surface area contributed by atoms with E-state index in [1.807, 2.05) is 12.1 Å². The number of nitrogens with two attached hydrogens (primary N) is 1. The van der Waals surface area contributed by atoms with Crippen molar-refractivity contribution in [1.82, 2.24) is 9.88 Å². The van der Waals surface area contributed by atoms with Crippen molar-refractivity contribution in [3.63, 3.8) is 0 Å². The van der Waals surface area contributed by atoms with Gasteiger partial charge in [0.05, 0.1) is 11.9 Å². The summed E-state index contributed by atoms with van der Waals surface area (Å²) in [5.41, 5.74) is 7.49. The van der Waals surface area contributed by atoms with Gasteiger partial charge in [-0.05, 0) is 57.5 Å². The minimum absolute atomic E-state index is 0.748. The standard InChI is InChI=1S/C12H19N3/c13-11-5-6-12(14-10-11)4-3-9-15-7-1-2-8-15/h5-6,10H,1-4,7-9,13H2. The van der Waals surface area contributed by atoms with Crippen molar-refractivity contribution >= 4 is 5.69 Å². The van der Waals surface area contributed by atoms with Crippen molar-refractivity contribution in [3.05, 3.63) is 24.0 Å². The van der Waals surface area contributed by atoms with Crippen LogP contribution in [0.2, 0.25) is 0 Å². The predicted octanol–water partition coefficient (Wildman–Crippen LogP) is 1.69. The minimum atomic E-state index is 0.748. The fraction of sp³-hybridized carbons (Fsp3) is 0.583. The molecule has 2 N–H and O–H groups in total. The molecule has 1 aliphatic rings. The van der Waals surface area contributed by atoms with E-state index in [-0.39, 0.29) is 0 Å². The number of likely N-dealkylation sites (tertiary alicyclic amines) is 1. The van der Waals surface area contributed by atoms with Crippen molar-refractivity contribution in [2.24, 2.45) is 0 Å². The summed E-state index contributed by atoms with van der Waals surface area (Å²) in [5.74, 6) is 0. The topological polar surface area (TPSA) is 42.1 Å². The van der Waals surface area contributed by atoms with E-state index in [2.05, 4.69) is 9.88 Å². The maximum absolute atomic E-state index is 5.58. The average molecular weight is 205 g/mol. The van der Waals surface area contributed by atoms with E-state index in [1.54, 1.807) is 6.20 Å². The lowest BCUT2D eigenvalue weighted by Crippen LogP contribution is -2.20. The van der Waals surface area contributed by atoms with Crippen LogP contribution >= 0.6 is 0 Å². The Bertz CT molecular complexity index is 288. The van der Waals surface area contributed by atoms with Crippen molar-refractivity contribution in [2.45, 2.75) is 25.7 Å². The smallest absolute Gasteiger partial charge is 0.0501 e. The third-order valence-electron chi connectivity index (χ3n) is 2.95. The second-order valence-electron chi connectivity index (χ2n) is 4.24. The molecule has 0 bridgehead atoms. The molecule has 1 saturated heterocycles. The van der Waals surface area contributed by atoms with Crippen molar-refractivity contribution < 1.29 is 0 Å². The summed E-state index contributed by atoms with van der Waals surface area (Å²) >= 11 is 0. The van der Waals surface area contributed by atoms with Crippen LogP contribution in [0.5, 0.6) is 0 Å². The van der Waals surface area contributed by atoms with Crippen LogP contribution < -0.4 is 5.73 Å². The number of nitrogens with zero attached hydrogens (tertiary/aromatic N) is 2. The Morgan fingerprint density at radius 3 is 2.73 bits per heavy atom. The van der Waals surface area contributed by atoms with Gasteiger partial charge in [-0.3, -0.25) is 4.98 Å². The number of pyridine rings is 1. The van der Waals surface area contributed by atoms with Gasteiger partial charge in [-0.1, -0.05) is 0 Å². The lowest BCUT2D eigenvalue weighted by molar-refractivity contribution is 0.333. The molecule has 0 spiro atoms. The molecule has 2 heterocycles. The molecule has 1 aromatic rings. The van der Waals surface area contributed by atoms with Crippen molar-refractivity contribution in [1.29, 1.82) is 0 Å².